The van der Waals surface area contributed by atoms with Gasteiger partial charge in [0, 0.05) is 0 Å². The van der Waals surface area contributed by atoms with Gasteiger partial charge in [-0.1, -0.05) is 0 Å². The molecule has 2 N–H and O–H groups in total. The molecule has 0 saturated heterocycles. The van der Waals surface area contributed by atoms with Gasteiger partial charge >= 0.3 is 107 Å². The standard InChI is InChI=1S/C3H8N.3C3H5O.Ti/c4*1-2-3-4;/h1-4H2;3*2H2,1H3;. The van der Waals surface area contributed by atoms with E-state index in [0.29, 0.717) is 37.0 Å². The molecule has 0 aromatic carbocycles. The van der Waals surface area contributed by atoms with Crippen molar-refractivity contribution in [2.24, 2.45) is 5.73 Å². The van der Waals surface area contributed by atoms with Gasteiger partial charge in [0.25, 0.3) is 0 Å². The molecule has 0 aliphatic carbocycles. The molecule has 0 radical (unpaired) electrons. The van der Waals surface area contributed by atoms with E-state index in [1.165, 1.54) is 0 Å². The Hall–Kier alpha value is -0.316. The quantitative estimate of drug-likeness (QED) is 0.651. The molecule has 0 amide bonds. The van der Waals surface area contributed by atoms with Gasteiger partial charge in [0.2, 0.25) is 0 Å². The molecule has 0 aliphatic rings. The fourth-order valence-corrected chi connectivity index (χ4v) is 8.89. The maximum absolute atomic E-state index is 12.1. The summed E-state index contributed by atoms with van der Waals surface area (Å²) >= 11 is -3.72. The second-order valence-corrected chi connectivity index (χ2v) is 10.3. The number of hydrogen-bond acceptors (Lipinski definition) is 4. The van der Waals surface area contributed by atoms with Crippen molar-refractivity contribution in [2.45, 2.75) is 51.2 Å². The van der Waals surface area contributed by atoms with Crippen LogP contribution < -0.4 is 5.73 Å². The average molecular weight is 277 g/mol. The molecule has 98 valence electrons. The first-order chi connectivity index (χ1) is 8.00. The van der Waals surface area contributed by atoms with Gasteiger partial charge in [-0.3, -0.25) is 0 Å². The number of carbonyl (C=O) groups is 3. The van der Waals surface area contributed by atoms with E-state index >= 15 is 0 Å². The Morgan fingerprint density at radius 1 is 0.882 bits per heavy atom. The molecule has 0 rings (SSSR count). The van der Waals surface area contributed by atoms with Crippen LogP contribution in [0.2, 0.25) is 4.73 Å². The van der Waals surface area contributed by atoms with Gasteiger partial charge in [-0.15, -0.1) is 0 Å². The number of hydrogen-bond donors (Lipinski definition) is 1. The van der Waals surface area contributed by atoms with Crippen LogP contribution in [0.25, 0.3) is 0 Å². The topological polar surface area (TPSA) is 77.2 Å². The number of carbonyl (C=O) groups excluding carboxylic acids is 3. The molecule has 0 aromatic rings. The van der Waals surface area contributed by atoms with Crippen molar-refractivity contribution in [1.82, 2.24) is 0 Å². The van der Waals surface area contributed by atoms with Crippen LogP contribution in [0, 0.1) is 0 Å². The molecule has 0 fully saturated rings. The molecule has 0 saturated carbocycles. The van der Waals surface area contributed by atoms with E-state index in [0.717, 1.165) is 0 Å². The zero-order valence-electron chi connectivity index (χ0n) is 11.0. The molecule has 4 nitrogen and oxygen atoms in total. The molecule has 0 aliphatic heterocycles. The first kappa shape index (κ1) is 16.7. The van der Waals surface area contributed by atoms with E-state index in [1.54, 1.807) is 20.8 Å². The molecular weight excluding hydrogens is 254 g/mol. The average Bonchev–Trinajstić information content (AvgIpc) is 2.37. The summed E-state index contributed by atoms with van der Waals surface area (Å²) in [5.41, 5.74) is 5.46. The predicted molar refractivity (Wildman–Crippen MR) is 64.4 cm³/mol. The van der Waals surface area contributed by atoms with Crippen molar-refractivity contribution in [3.05, 3.63) is 0 Å². The van der Waals surface area contributed by atoms with Crippen molar-refractivity contribution in [3.8, 4) is 0 Å². The SMILES string of the molecule is CC[C](=O)[Ti]([CH2]CCN)([C](=O)CC)[C](=O)CC. The molecule has 0 unspecified atom stereocenters. The third-order valence-corrected chi connectivity index (χ3v) is 11.0. The molecule has 0 spiro atoms. The maximum atomic E-state index is 12.1. The van der Waals surface area contributed by atoms with Crippen LogP contribution in [0.15, 0.2) is 0 Å². The molecule has 5 heteroatoms. The summed E-state index contributed by atoms with van der Waals surface area (Å²) in [6.07, 6.45) is 1.48. The molecule has 0 atom stereocenters. The van der Waals surface area contributed by atoms with E-state index in [9.17, 15) is 14.4 Å². The molecular formula is C12H23NO3Ti. The second kappa shape index (κ2) is 7.90. The first-order valence-corrected chi connectivity index (χ1v) is 9.75. The van der Waals surface area contributed by atoms with Crippen LogP contribution >= 0.6 is 0 Å². The summed E-state index contributed by atoms with van der Waals surface area (Å²) in [5, 5.41) is 0. The molecule has 0 bridgehead atoms. The molecule has 0 heterocycles. The number of rotatable bonds is 9. The van der Waals surface area contributed by atoms with Crippen LogP contribution in [0.5, 0.6) is 0 Å². The Morgan fingerprint density at radius 3 is 1.47 bits per heavy atom. The summed E-state index contributed by atoms with van der Waals surface area (Å²) in [7, 11) is 0. The van der Waals surface area contributed by atoms with Crippen molar-refractivity contribution in [2.75, 3.05) is 6.54 Å². The summed E-state index contributed by atoms with van der Waals surface area (Å²) in [6, 6.07) is 0. The van der Waals surface area contributed by atoms with Gasteiger partial charge in [0.1, 0.15) is 0 Å². The van der Waals surface area contributed by atoms with Crippen LogP contribution in [-0.4, -0.2) is 18.8 Å². The van der Waals surface area contributed by atoms with E-state index in [4.69, 9.17) is 5.73 Å². The van der Waals surface area contributed by atoms with Crippen molar-refractivity contribution in [1.29, 1.82) is 0 Å². The normalized spacial score (nSPS) is 11.3. The minimum atomic E-state index is -3.72. The first-order valence-electron chi connectivity index (χ1n) is 6.31. The fraction of sp³-hybridized carbons (Fsp3) is 0.750. The van der Waals surface area contributed by atoms with Gasteiger partial charge in [-0.05, 0) is 0 Å². The van der Waals surface area contributed by atoms with Gasteiger partial charge < -0.3 is 0 Å². The van der Waals surface area contributed by atoms with E-state index in [-0.39, 0.29) is 12.3 Å². The second-order valence-electron chi connectivity index (χ2n) is 4.13. The zero-order valence-corrected chi connectivity index (χ0v) is 12.6. The van der Waals surface area contributed by atoms with Crippen molar-refractivity contribution >= 4 is 12.3 Å². The molecule has 0 aromatic heterocycles. The minimum absolute atomic E-state index is 0.0721. The van der Waals surface area contributed by atoms with Gasteiger partial charge in [0.05, 0.1) is 0 Å². The third-order valence-electron chi connectivity index (χ3n) is 3.15. The number of nitrogens with two attached hydrogens (primary N) is 1. The Morgan fingerprint density at radius 2 is 1.24 bits per heavy atom. The van der Waals surface area contributed by atoms with E-state index in [2.05, 4.69) is 0 Å². The Bertz CT molecular complexity index is 261. The Labute approximate surface area is 107 Å². The van der Waals surface area contributed by atoms with Crippen LogP contribution in [0.3, 0.4) is 0 Å². The van der Waals surface area contributed by atoms with Crippen molar-refractivity contribution < 1.29 is 31.0 Å². The van der Waals surface area contributed by atoms with Gasteiger partial charge in [0.15, 0.2) is 0 Å². The van der Waals surface area contributed by atoms with Crippen LogP contribution in [-0.2, 0) is 31.0 Å². The zero-order chi connectivity index (χ0) is 13.5. The summed E-state index contributed by atoms with van der Waals surface area (Å²) in [4.78, 5) is 36.4. The van der Waals surface area contributed by atoms with Gasteiger partial charge in [-0.2, -0.15) is 0 Å². The van der Waals surface area contributed by atoms with Gasteiger partial charge in [-0.25, -0.2) is 0 Å². The van der Waals surface area contributed by atoms with Crippen molar-refractivity contribution in [3.63, 3.8) is 0 Å². The van der Waals surface area contributed by atoms with E-state index < -0.39 is 16.6 Å². The molecule has 17 heavy (non-hydrogen) atoms. The van der Waals surface area contributed by atoms with Crippen LogP contribution in [0.4, 0.5) is 0 Å². The summed E-state index contributed by atoms with van der Waals surface area (Å²) < 4.78 is 0.231. The summed E-state index contributed by atoms with van der Waals surface area (Å²) in [5.74, 6) is 0. The Balaban J connectivity index is 5.43. The fourth-order valence-electron chi connectivity index (χ4n) is 2.16. The monoisotopic (exact) mass is 277 g/mol. The van der Waals surface area contributed by atoms with E-state index in [1.807, 2.05) is 0 Å². The Kier molecular flexibility index (Phi) is 7.76. The third kappa shape index (κ3) is 3.57. The predicted octanol–water partition coefficient (Wildman–Crippen LogP) is 1.72. The summed E-state index contributed by atoms with van der Waals surface area (Å²) in [6.45, 7) is 5.63. The van der Waals surface area contributed by atoms with Crippen LogP contribution in [0.1, 0.15) is 46.5 Å².